The highest BCUT2D eigenvalue weighted by molar-refractivity contribution is 6.32. The molecule has 1 N–H and O–H groups in total. The Balaban J connectivity index is 2.98. The second-order valence-electron chi connectivity index (χ2n) is 4.59. The van der Waals surface area contributed by atoms with Gasteiger partial charge in [-0.05, 0) is 44.8 Å². The van der Waals surface area contributed by atoms with Gasteiger partial charge in [-0.3, -0.25) is 0 Å². The summed E-state index contributed by atoms with van der Waals surface area (Å²) in [5.74, 6) is -0.0305. The highest BCUT2D eigenvalue weighted by Gasteiger charge is 2.12. The molecule has 0 saturated heterocycles. The van der Waals surface area contributed by atoms with Crippen LogP contribution in [-0.4, -0.2) is 49.8 Å². The Labute approximate surface area is 129 Å². The topological polar surface area (TPSA) is 59.0 Å². The molecule has 0 atom stereocenters. The molecule has 0 amide bonds. The highest BCUT2D eigenvalue weighted by atomic mass is 35.5. The van der Waals surface area contributed by atoms with Gasteiger partial charge in [-0.1, -0.05) is 11.6 Å². The van der Waals surface area contributed by atoms with E-state index in [1.807, 2.05) is 25.9 Å². The molecule has 116 valence electrons. The molecule has 0 radical (unpaired) electrons. The maximum atomic E-state index is 10.6. The molecular weight excluding hydrogens is 294 g/mol. The van der Waals surface area contributed by atoms with Crippen molar-refractivity contribution in [3.05, 3.63) is 28.8 Å². The van der Waals surface area contributed by atoms with Crippen molar-refractivity contribution in [3.63, 3.8) is 0 Å². The summed E-state index contributed by atoms with van der Waals surface area (Å²) in [7, 11) is 3.91. The monoisotopic (exact) mass is 313 g/mol. The van der Waals surface area contributed by atoms with Crippen molar-refractivity contribution in [2.45, 2.75) is 6.92 Å². The Hall–Kier alpha value is -1.72. The zero-order chi connectivity index (χ0) is 15.8. The predicted molar refractivity (Wildman–Crippen MR) is 83.3 cm³/mol. The molecule has 0 unspecified atom stereocenters. The lowest BCUT2D eigenvalue weighted by molar-refractivity contribution is -0.131. The third kappa shape index (κ3) is 6.06. The average molecular weight is 314 g/mol. The zero-order valence-corrected chi connectivity index (χ0v) is 13.2. The first-order valence-electron chi connectivity index (χ1n) is 6.59. The van der Waals surface area contributed by atoms with E-state index >= 15 is 0 Å². The van der Waals surface area contributed by atoms with Gasteiger partial charge in [0.25, 0.3) is 0 Å². The van der Waals surface area contributed by atoms with Crippen LogP contribution in [-0.2, 0) is 4.79 Å². The van der Waals surface area contributed by atoms with Gasteiger partial charge in [-0.15, -0.1) is 0 Å². The molecular formula is C15H20ClNO4. The van der Waals surface area contributed by atoms with Crippen LogP contribution in [0.1, 0.15) is 12.5 Å². The fraction of sp³-hybridized carbons (Fsp3) is 0.400. The molecule has 0 fully saturated rings. The van der Waals surface area contributed by atoms with Crippen LogP contribution in [0.25, 0.3) is 6.08 Å². The molecule has 1 aromatic rings. The number of hydrogen-bond acceptors (Lipinski definition) is 4. The average Bonchev–Trinajstić information content (AvgIpc) is 2.39. The van der Waals surface area contributed by atoms with E-state index in [0.29, 0.717) is 35.3 Å². The SMILES string of the molecule is CCOc1cc(C=CC(=O)O)cc(Cl)c1OCCN(C)C. The molecule has 0 spiro atoms. The van der Waals surface area contributed by atoms with Gasteiger partial charge in [0, 0.05) is 12.6 Å². The minimum atomic E-state index is -1.02. The second-order valence-corrected chi connectivity index (χ2v) is 4.99. The maximum absolute atomic E-state index is 10.6. The van der Waals surface area contributed by atoms with Gasteiger partial charge < -0.3 is 19.5 Å². The van der Waals surface area contributed by atoms with E-state index in [1.54, 1.807) is 12.1 Å². The molecule has 0 heterocycles. The summed E-state index contributed by atoms with van der Waals surface area (Å²) < 4.78 is 11.2. The first kappa shape index (κ1) is 17.3. The Morgan fingerprint density at radius 3 is 2.67 bits per heavy atom. The Morgan fingerprint density at radius 1 is 1.38 bits per heavy atom. The lowest BCUT2D eigenvalue weighted by atomic mass is 10.2. The number of ether oxygens (including phenoxy) is 2. The van der Waals surface area contributed by atoms with E-state index in [4.69, 9.17) is 26.2 Å². The fourth-order valence-electron chi connectivity index (χ4n) is 1.58. The number of nitrogens with zero attached hydrogens (tertiary/aromatic N) is 1. The Morgan fingerprint density at radius 2 is 2.10 bits per heavy atom. The Kier molecular flexibility index (Phi) is 7.05. The number of rotatable bonds is 8. The molecule has 0 saturated carbocycles. The molecule has 1 rings (SSSR count). The Bertz CT molecular complexity index is 515. The molecule has 0 aromatic heterocycles. The standard InChI is InChI=1S/C15H20ClNO4/c1-4-20-13-10-11(5-6-14(18)19)9-12(16)15(13)21-8-7-17(2)3/h5-6,9-10H,4,7-8H2,1-3H3,(H,18,19). The van der Waals surface area contributed by atoms with Crippen molar-refractivity contribution < 1.29 is 19.4 Å². The van der Waals surface area contributed by atoms with Gasteiger partial charge >= 0.3 is 5.97 Å². The van der Waals surface area contributed by atoms with Crippen LogP contribution in [0.4, 0.5) is 0 Å². The molecule has 0 aliphatic rings. The van der Waals surface area contributed by atoms with Crippen molar-refractivity contribution in [1.29, 1.82) is 0 Å². The number of halogens is 1. The van der Waals surface area contributed by atoms with Crippen LogP contribution in [0, 0.1) is 0 Å². The molecule has 5 nitrogen and oxygen atoms in total. The summed E-state index contributed by atoms with van der Waals surface area (Å²) >= 11 is 6.20. The van der Waals surface area contributed by atoms with Gasteiger partial charge in [-0.2, -0.15) is 0 Å². The van der Waals surface area contributed by atoms with Crippen molar-refractivity contribution in [2.24, 2.45) is 0 Å². The van der Waals surface area contributed by atoms with Crippen LogP contribution in [0.5, 0.6) is 11.5 Å². The van der Waals surface area contributed by atoms with E-state index in [-0.39, 0.29) is 0 Å². The quantitative estimate of drug-likeness (QED) is 0.748. The lowest BCUT2D eigenvalue weighted by Crippen LogP contribution is -2.19. The normalized spacial score (nSPS) is 11.1. The number of aliphatic carboxylic acids is 1. The summed E-state index contributed by atoms with van der Waals surface area (Å²) in [6.45, 7) is 3.56. The van der Waals surface area contributed by atoms with Gasteiger partial charge in [-0.25, -0.2) is 4.79 Å². The number of carboxylic acids is 1. The number of hydrogen-bond donors (Lipinski definition) is 1. The summed E-state index contributed by atoms with van der Waals surface area (Å²) in [4.78, 5) is 12.6. The van der Waals surface area contributed by atoms with Crippen molar-refractivity contribution >= 4 is 23.6 Å². The third-order valence-corrected chi connectivity index (χ3v) is 2.82. The molecule has 0 aliphatic carbocycles. The predicted octanol–water partition coefficient (Wildman–Crippen LogP) is 2.78. The van der Waals surface area contributed by atoms with Gasteiger partial charge in [0.2, 0.25) is 0 Å². The largest absolute Gasteiger partial charge is 0.490 e. The number of carbonyl (C=O) groups is 1. The molecule has 0 bridgehead atoms. The first-order chi connectivity index (χ1) is 9.93. The fourth-order valence-corrected chi connectivity index (χ4v) is 1.86. The minimum absolute atomic E-state index is 0.393. The third-order valence-electron chi connectivity index (χ3n) is 2.53. The first-order valence-corrected chi connectivity index (χ1v) is 6.96. The van der Waals surface area contributed by atoms with Crippen molar-refractivity contribution in [1.82, 2.24) is 4.90 Å². The molecule has 6 heteroatoms. The molecule has 0 aliphatic heterocycles. The number of likely N-dealkylation sites (N-methyl/N-ethyl adjacent to an activating group) is 1. The van der Waals surface area contributed by atoms with Gasteiger partial charge in [0.05, 0.1) is 11.6 Å². The summed E-state index contributed by atoms with van der Waals surface area (Å²) in [6, 6.07) is 3.36. The maximum Gasteiger partial charge on any atom is 0.328 e. The van der Waals surface area contributed by atoms with Crippen LogP contribution >= 0.6 is 11.6 Å². The number of benzene rings is 1. The van der Waals surface area contributed by atoms with E-state index in [0.717, 1.165) is 12.6 Å². The van der Waals surface area contributed by atoms with Crippen LogP contribution in [0.3, 0.4) is 0 Å². The van der Waals surface area contributed by atoms with E-state index in [2.05, 4.69) is 0 Å². The zero-order valence-electron chi connectivity index (χ0n) is 12.4. The summed E-state index contributed by atoms with van der Waals surface area (Å²) in [5.41, 5.74) is 0.644. The van der Waals surface area contributed by atoms with E-state index in [9.17, 15) is 4.79 Å². The second kappa shape index (κ2) is 8.54. The minimum Gasteiger partial charge on any atom is -0.490 e. The van der Waals surface area contributed by atoms with Crippen molar-refractivity contribution in [2.75, 3.05) is 33.9 Å². The van der Waals surface area contributed by atoms with Crippen LogP contribution in [0.15, 0.2) is 18.2 Å². The van der Waals surface area contributed by atoms with Gasteiger partial charge in [0.15, 0.2) is 11.5 Å². The summed E-state index contributed by atoms with van der Waals surface area (Å²) in [6.07, 6.45) is 2.51. The highest BCUT2D eigenvalue weighted by Crippen LogP contribution is 2.37. The lowest BCUT2D eigenvalue weighted by Gasteiger charge is -2.16. The van der Waals surface area contributed by atoms with E-state index < -0.39 is 5.97 Å². The molecule has 1 aromatic carbocycles. The van der Waals surface area contributed by atoms with Crippen LogP contribution < -0.4 is 9.47 Å². The van der Waals surface area contributed by atoms with Crippen molar-refractivity contribution in [3.8, 4) is 11.5 Å². The summed E-state index contributed by atoms with van der Waals surface area (Å²) in [5, 5.41) is 9.05. The van der Waals surface area contributed by atoms with E-state index in [1.165, 1.54) is 6.08 Å². The smallest absolute Gasteiger partial charge is 0.328 e. The number of carboxylic acid groups (broad SMARTS) is 1. The van der Waals surface area contributed by atoms with Gasteiger partial charge in [0.1, 0.15) is 6.61 Å². The molecule has 21 heavy (non-hydrogen) atoms. The van der Waals surface area contributed by atoms with Crippen LogP contribution in [0.2, 0.25) is 5.02 Å².